The third kappa shape index (κ3) is 5.58. The zero-order valence-corrected chi connectivity index (χ0v) is 20.8. The molecule has 8 nitrogen and oxygen atoms in total. The number of fused-ring (bicyclic) bond motifs is 1. The second-order valence-corrected chi connectivity index (χ2v) is 10.4. The van der Waals surface area contributed by atoms with Crippen LogP contribution in [0.1, 0.15) is 71.6 Å². The first-order valence-corrected chi connectivity index (χ1v) is 12.6. The number of carbonyl (C=O) groups is 1. The quantitative estimate of drug-likeness (QED) is 0.302. The number of alkyl halides is 3. The van der Waals surface area contributed by atoms with Crippen LogP contribution in [0.15, 0.2) is 29.4 Å². The van der Waals surface area contributed by atoms with Crippen LogP contribution in [0.25, 0.3) is 11.0 Å². The van der Waals surface area contributed by atoms with Gasteiger partial charge < -0.3 is 15.6 Å². The van der Waals surface area contributed by atoms with Gasteiger partial charge in [0.2, 0.25) is 0 Å². The Labute approximate surface area is 210 Å². The van der Waals surface area contributed by atoms with Crippen molar-refractivity contribution in [1.82, 2.24) is 19.9 Å². The average molecular weight is 520 g/mol. The standard InChI is InChI=1S/C24H28F3N7OS/c1-13(2)8-21-33-17-11-30-16(22(29)31-12-28)10-18(17)34(21)15-5-3-4-14(9-15)32-23(35)19-6-7-20(36-19)24(25,26)27/h6-7,10-15H,3-5,8-9H2,1-2H3,(H,32,35)(H3,28,29,31). The van der Waals surface area contributed by atoms with E-state index in [0.717, 1.165) is 54.9 Å². The van der Waals surface area contributed by atoms with Gasteiger partial charge >= 0.3 is 6.18 Å². The van der Waals surface area contributed by atoms with Gasteiger partial charge in [-0.3, -0.25) is 15.2 Å². The Hall–Kier alpha value is -3.28. The van der Waals surface area contributed by atoms with E-state index in [1.807, 2.05) is 6.07 Å². The molecule has 0 bridgehead atoms. The molecule has 3 heterocycles. The Morgan fingerprint density at radius 1 is 1.39 bits per heavy atom. The summed E-state index contributed by atoms with van der Waals surface area (Å²) in [6.45, 7) is 4.23. The highest BCUT2D eigenvalue weighted by Gasteiger charge is 2.34. The molecule has 4 rings (SSSR count). The number of carbonyl (C=O) groups excluding carboxylic acids is 1. The van der Waals surface area contributed by atoms with Gasteiger partial charge in [-0.05, 0) is 49.8 Å². The highest BCUT2D eigenvalue weighted by molar-refractivity contribution is 7.14. The van der Waals surface area contributed by atoms with Crippen molar-refractivity contribution in [2.24, 2.45) is 16.6 Å². The molecule has 3 aromatic rings. The van der Waals surface area contributed by atoms with E-state index in [9.17, 15) is 18.0 Å². The summed E-state index contributed by atoms with van der Waals surface area (Å²) < 4.78 is 41.0. The highest BCUT2D eigenvalue weighted by Crippen LogP contribution is 2.36. The molecular formula is C24H28F3N7OS. The van der Waals surface area contributed by atoms with Crippen LogP contribution >= 0.6 is 11.3 Å². The zero-order valence-electron chi connectivity index (χ0n) is 20.0. The molecule has 0 aliphatic heterocycles. The zero-order chi connectivity index (χ0) is 26.0. The molecular weight excluding hydrogens is 491 g/mol. The van der Waals surface area contributed by atoms with Crippen molar-refractivity contribution < 1.29 is 18.0 Å². The molecule has 1 saturated carbocycles. The lowest BCUT2D eigenvalue weighted by Gasteiger charge is -2.32. The van der Waals surface area contributed by atoms with E-state index >= 15 is 0 Å². The topological polar surface area (TPSA) is 122 Å². The largest absolute Gasteiger partial charge is 0.425 e. The van der Waals surface area contributed by atoms with Gasteiger partial charge in [0, 0.05) is 18.5 Å². The van der Waals surface area contributed by atoms with Gasteiger partial charge in [-0.25, -0.2) is 9.98 Å². The van der Waals surface area contributed by atoms with E-state index in [4.69, 9.17) is 16.1 Å². The lowest BCUT2D eigenvalue weighted by molar-refractivity contribution is -0.134. The number of hydrogen-bond acceptors (Lipinski definition) is 5. The summed E-state index contributed by atoms with van der Waals surface area (Å²) in [5.41, 5.74) is 7.98. The van der Waals surface area contributed by atoms with Gasteiger partial charge in [-0.15, -0.1) is 11.3 Å². The van der Waals surface area contributed by atoms with Crippen LogP contribution in [0.5, 0.6) is 0 Å². The maximum atomic E-state index is 12.9. The lowest BCUT2D eigenvalue weighted by atomic mass is 9.90. The number of nitrogens with zero attached hydrogens (tertiary/aromatic N) is 4. The summed E-state index contributed by atoms with van der Waals surface area (Å²) in [5.74, 6) is 0.916. The number of rotatable bonds is 7. The number of hydrogen-bond donors (Lipinski definition) is 3. The number of amides is 1. The maximum absolute atomic E-state index is 12.9. The number of pyridine rings is 1. The van der Waals surface area contributed by atoms with E-state index in [2.05, 4.69) is 33.7 Å². The molecule has 4 N–H and O–H groups in total. The predicted octanol–water partition coefficient (Wildman–Crippen LogP) is 4.94. The van der Waals surface area contributed by atoms with Gasteiger partial charge in [0.05, 0.1) is 16.6 Å². The smallest absolute Gasteiger partial charge is 0.382 e. The average Bonchev–Trinajstić information content (AvgIpc) is 3.44. The highest BCUT2D eigenvalue weighted by atomic mass is 32.1. The molecule has 1 aliphatic rings. The summed E-state index contributed by atoms with van der Waals surface area (Å²) >= 11 is 0.456. The third-order valence-corrected chi connectivity index (χ3v) is 7.29. The summed E-state index contributed by atoms with van der Waals surface area (Å²) in [5, 5.41) is 10.1. The minimum atomic E-state index is -4.46. The van der Waals surface area contributed by atoms with Gasteiger partial charge in [0.25, 0.3) is 5.91 Å². The molecule has 1 fully saturated rings. The lowest BCUT2D eigenvalue weighted by Crippen LogP contribution is -2.38. The monoisotopic (exact) mass is 519 g/mol. The van der Waals surface area contributed by atoms with Crippen molar-refractivity contribution in [2.45, 2.75) is 64.2 Å². The van der Waals surface area contributed by atoms with Crippen molar-refractivity contribution in [1.29, 1.82) is 5.41 Å². The predicted molar refractivity (Wildman–Crippen MR) is 134 cm³/mol. The van der Waals surface area contributed by atoms with E-state index in [-0.39, 0.29) is 22.8 Å². The summed E-state index contributed by atoms with van der Waals surface area (Å²) in [6.07, 6.45) is 1.90. The normalized spacial score (nSPS) is 19.1. The van der Waals surface area contributed by atoms with Crippen molar-refractivity contribution >= 4 is 40.5 Å². The number of nitrogens with one attached hydrogen (secondary N) is 2. The van der Waals surface area contributed by atoms with Crippen molar-refractivity contribution in [2.75, 3.05) is 0 Å². The van der Waals surface area contributed by atoms with Crippen LogP contribution in [0.2, 0.25) is 0 Å². The number of thiophene rings is 1. The van der Waals surface area contributed by atoms with Crippen LogP contribution in [0.4, 0.5) is 13.2 Å². The van der Waals surface area contributed by atoms with Crippen molar-refractivity contribution in [3.05, 3.63) is 45.7 Å². The minimum absolute atomic E-state index is 0.0352. The van der Waals surface area contributed by atoms with E-state index < -0.39 is 17.0 Å². The van der Waals surface area contributed by atoms with E-state index in [1.54, 1.807) is 6.20 Å². The van der Waals surface area contributed by atoms with Crippen molar-refractivity contribution in [3.8, 4) is 0 Å². The third-order valence-electron chi connectivity index (χ3n) is 6.16. The number of nitrogens with two attached hydrogens (primary N) is 1. The van der Waals surface area contributed by atoms with Gasteiger partial charge in [-0.1, -0.05) is 13.8 Å². The fourth-order valence-corrected chi connectivity index (χ4v) is 5.42. The maximum Gasteiger partial charge on any atom is 0.425 e. The first-order chi connectivity index (χ1) is 17.1. The minimum Gasteiger partial charge on any atom is -0.382 e. The van der Waals surface area contributed by atoms with Crippen LogP contribution in [-0.4, -0.2) is 38.7 Å². The molecule has 1 aliphatic carbocycles. The van der Waals surface area contributed by atoms with Crippen molar-refractivity contribution in [3.63, 3.8) is 0 Å². The molecule has 12 heteroatoms. The fourth-order valence-electron chi connectivity index (χ4n) is 4.64. The number of aliphatic imine (C=N–C) groups is 1. The molecule has 0 aromatic carbocycles. The molecule has 0 radical (unpaired) electrons. The van der Waals surface area contributed by atoms with Crippen LogP contribution in [0.3, 0.4) is 0 Å². The molecule has 3 aromatic heterocycles. The fraction of sp³-hybridized carbons (Fsp3) is 0.458. The molecule has 0 spiro atoms. The Bertz CT molecular complexity index is 1290. The molecule has 36 heavy (non-hydrogen) atoms. The Morgan fingerprint density at radius 2 is 2.17 bits per heavy atom. The number of aromatic nitrogens is 3. The molecule has 192 valence electrons. The van der Waals surface area contributed by atoms with E-state index in [1.165, 1.54) is 6.07 Å². The Morgan fingerprint density at radius 3 is 2.83 bits per heavy atom. The number of halogens is 3. The molecule has 2 atom stereocenters. The molecule has 0 saturated heterocycles. The SMILES string of the molecule is CC(C)Cc1nc2cnc(C(N)=NC=N)cc2n1C1CCCC(NC(=O)c2ccc(C(F)(F)F)s2)C1. The van der Waals surface area contributed by atoms with Crippen LogP contribution < -0.4 is 11.1 Å². The number of imidazole rings is 1. The van der Waals surface area contributed by atoms with Crippen LogP contribution in [0, 0.1) is 11.3 Å². The first kappa shape index (κ1) is 25.8. The Kier molecular flexibility index (Phi) is 7.43. The van der Waals surface area contributed by atoms with Crippen LogP contribution in [-0.2, 0) is 12.6 Å². The second-order valence-electron chi connectivity index (χ2n) is 9.35. The second kappa shape index (κ2) is 10.4. The summed E-state index contributed by atoms with van der Waals surface area (Å²) in [7, 11) is 0. The molecule has 1 amide bonds. The van der Waals surface area contributed by atoms with Gasteiger partial charge in [0.15, 0.2) is 5.84 Å². The van der Waals surface area contributed by atoms with Gasteiger partial charge in [-0.2, -0.15) is 13.2 Å². The van der Waals surface area contributed by atoms with E-state index in [0.29, 0.717) is 29.4 Å². The van der Waals surface area contributed by atoms with Gasteiger partial charge in [0.1, 0.15) is 28.3 Å². The Balaban J connectivity index is 1.61. The molecule has 2 unspecified atom stereocenters. The first-order valence-electron chi connectivity index (χ1n) is 11.7. The number of amidine groups is 1. The summed E-state index contributed by atoms with van der Waals surface area (Å²) in [6, 6.07) is 3.84. The summed E-state index contributed by atoms with van der Waals surface area (Å²) in [4.78, 5) is 25.0.